The Morgan fingerprint density at radius 2 is 2.26 bits per heavy atom. The van der Waals surface area contributed by atoms with E-state index >= 15 is 0 Å². The van der Waals surface area contributed by atoms with Crippen molar-refractivity contribution < 1.29 is 9.18 Å². The Morgan fingerprint density at radius 3 is 3.11 bits per heavy atom. The molecule has 0 spiro atoms. The van der Waals surface area contributed by atoms with Crippen LogP contribution in [0.5, 0.6) is 0 Å². The number of carbonyl (C=O) groups excluding carboxylic acids is 1. The fourth-order valence-electron chi connectivity index (χ4n) is 2.14. The topological polar surface area (TPSA) is 54.0 Å². The maximum absolute atomic E-state index is 13.4. The molecule has 0 saturated carbocycles. The SMILES string of the molecule is O=C(Nc1ccc2c(c1)CCN2)c1ccncc1F. The van der Waals surface area contributed by atoms with Gasteiger partial charge in [-0.15, -0.1) is 0 Å². The van der Waals surface area contributed by atoms with Crippen LogP contribution in [0.25, 0.3) is 0 Å². The molecule has 1 amide bonds. The van der Waals surface area contributed by atoms with Gasteiger partial charge >= 0.3 is 0 Å². The quantitative estimate of drug-likeness (QED) is 0.868. The molecule has 1 aliphatic heterocycles. The number of benzene rings is 1. The Hall–Kier alpha value is -2.43. The lowest BCUT2D eigenvalue weighted by Gasteiger charge is -2.07. The second kappa shape index (κ2) is 4.68. The first-order valence-corrected chi connectivity index (χ1v) is 6.02. The van der Waals surface area contributed by atoms with E-state index < -0.39 is 11.7 Å². The van der Waals surface area contributed by atoms with Crippen LogP contribution in [0.1, 0.15) is 15.9 Å². The van der Waals surface area contributed by atoms with Crippen molar-refractivity contribution in [3.8, 4) is 0 Å². The second-order valence-corrected chi connectivity index (χ2v) is 4.36. The Bertz CT molecular complexity index is 642. The molecule has 3 rings (SSSR count). The predicted octanol–water partition coefficient (Wildman–Crippen LogP) is 2.44. The van der Waals surface area contributed by atoms with E-state index in [9.17, 15) is 9.18 Å². The molecule has 0 unspecified atom stereocenters. The van der Waals surface area contributed by atoms with Crippen LogP contribution in [0.15, 0.2) is 36.7 Å². The first-order valence-electron chi connectivity index (χ1n) is 6.02. The normalized spacial score (nSPS) is 12.7. The van der Waals surface area contributed by atoms with Crippen LogP contribution in [0.3, 0.4) is 0 Å². The monoisotopic (exact) mass is 257 g/mol. The van der Waals surface area contributed by atoms with Crippen LogP contribution in [-0.2, 0) is 6.42 Å². The molecule has 5 heteroatoms. The van der Waals surface area contributed by atoms with Crippen molar-refractivity contribution in [3.63, 3.8) is 0 Å². The van der Waals surface area contributed by atoms with Crippen molar-refractivity contribution in [2.45, 2.75) is 6.42 Å². The summed E-state index contributed by atoms with van der Waals surface area (Å²) in [7, 11) is 0. The van der Waals surface area contributed by atoms with Gasteiger partial charge in [0, 0.05) is 24.1 Å². The average molecular weight is 257 g/mol. The largest absolute Gasteiger partial charge is 0.384 e. The number of hydrogen-bond acceptors (Lipinski definition) is 3. The van der Waals surface area contributed by atoms with Gasteiger partial charge in [0.2, 0.25) is 0 Å². The summed E-state index contributed by atoms with van der Waals surface area (Å²) in [6, 6.07) is 6.99. The van der Waals surface area contributed by atoms with Crippen molar-refractivity contribution in [1.82, 2.24) is 4.98 Å². The predicted molar refractivity (Wildman–Crippen MR) is 70.8 cm³/mol. The van der Waals surface area contributed by atoms with Gasteiger partial charge in [0.05, 0.1) is 11.8 Å². The van der Waals surface area contributed by atoms with Gasteiger partial charge < -0.3 is 10.6 Å². The third-order valence-electron chi connectivity index (χ3n) is 3.09. The standard InChI is InChI=1S/C14H12FN3O/c15-12-8-16-5-4-11(12)14(19)18-10-1-2-13-9(7-10)3-6-17-13/h1-2,4-5,7-8,17H,3,6H2,(H,18,19). The molecule has 0 aliphatic carbocycles. The zero-order valence-electron chi connectivity index (χ0n) is 10.1. The van der Waals surface area contributed by atoms with E-state index in [1.54, 1.807) is 6.07 Å². The van der Waals surface area contributed by atoms with Crippen LogP contribution in [0.2, 0.25) is 0 Å². The first kappa shape index (κ1) is 11.6. The van der Waals surface area contributed by atoms with Crippen LogP contribution >= 0.6 is 0 Å². The number of aromatic nitrogens is 1. The molecule has 0 atom stereocenters. The minimum absolute atomic E-state index is 0.00590. The number of anilines is 2. The van der Waals surface area contributed by atoms with Gasteiger partial charge in [-0.3, -0.25) is 9.78 Å². The van der Waals surface area contributed by atoms with E-state index in [1.807, 2.05) is 12.1 Å². The van der Waals surface area contributed by atoms with E-state index in [2.05, 4.69) is 15.6 Å². The molecule has 1 aromatic carbocycles. The fraction of sp³-hybridized carbons (Fsp3) is 0.143. The summed E-state index contributed by atoms with van der Waals surface area (Å²) in [5, 5.41) is 5.93. The fourth-order valence-corrected chi connectivity index (χ4v) is 2.14. The molecular weight excluding hydrogens is 245 g/mol. The van der Waals surface area contributed by atoms with Crippen molar-refractivity contribution in [2.24, 2.45) is 0 Å². The summed E-state index contributed by atoms with van der Waals surface area (Å²) in [6.45, 7) is 0.908. The highest BCUT2D eigenvalue weighted by Crippen LogP contribution is 2.25. The Morgan fingerprint density at radius 1 is 1.37 bits per heavy atom. The third-order valence-corrected chi connectivity index (χ3v) is 3.09. The van der Waals surface area contributed by atoms with Crippen molar-refractivity contribution in [1.29, 1.82) is 0 Å². The first-order chi connectivity index (χ1) is 9.24. The molecular formula is C14H12FN3O. The van der Waals surface area contributed by atoms with E-state index in [-0.39, 0.29) is 5.56 Å². The van der Waals surface area contributed by atoms with Gasteiger partial charge in [0.25, 0.3) is 5.91 Å². The number of fused-ring (bicyclic) bond motifs is 1. The molecule has 0 fully saturated rings. The number of halogens is 1. The highest BCUT2D eigenvalue weighted by Gasteiger charge is 2.14. The molecule has 96 valence electrons. The Balaban J connectivity index is 1.82. The summed E-state index contributed by atoms with van der Waals surface area (Å²) in [4.78, 5) is 15.6. The maximum atomic E-state index is 13.4. The van der Waals surface area contributed by atoms with E-state index in [1.165, 1.54) is 12.3 Å². The third kappa shape index (κ3) is 2.27. The zero-order valence-corrected chi connectivity index (χ0v) is 10.1. The highest BCUT2D eigenvalue weighted by atomic mass is 19.1. The molecule has 0 saturated heterocycles. The van der Waals surface area contributed by atoms with E-state index in [0.717, 1.165) is 30.4 Å². The summed E-state index contributed by atoms with van der Waals surface area (Å²) in [5.41, 5.74) is 2.92. The molecule has 1 aliphatic rings. The minimum Gasteiger partial charge on any atom is -0.384 e. The van der Waals surface area contributed by atoms with Crippen molar-refractivity contribution in [2.75, 3.05) is 17.2 Å². The lowest BCUT2D eigenvalue weighted by Crippen LogP contribution is -2.14. The van der Waals surface area contributed by atoms with Crippen molar-refractivity contribution in [3.05, 3.63) is 53.6 Å². The molecule has 2 heterocycles. The van der Waals surface area contributed by atoms with Crippen LogP contribution in [0, 0.1) is 5.82 Å². The van der Waals surface area contributed by atoms with Gasteiger partial charge in [0.15, 0.2) is 5.82 Å². The van der Waals surface area contributed by atoms with Gasteiger partial charge in [-0.25, -0.2) is 4.39 Å². The second-order valence-electron chi connectivity index (χ2n) is 4.36. The zero-order chi connectivity index (χ0) is 13.2. The lowest BCUT2D eigenvalue weighted by molar-refractivity contribution is 0.102. The molecule has 19 heavy (non-hydrogen) atoms. The van der Waals surface area contributed by atoms with E-state index in [4.69, 9.17) is 0 Å². The minimum atomic E-state index is -0.622. The molecule has 0 radical (unpaired) electrons. The van der Waals surface area contributed by atoms with Crippen LogP contribution < -0.4 is 10.6 Å². The molecule has 1 aromatic heterocycles. The number of carbonyl (C=O) groups is 1. The lowest BCUT2D eigenvalue weighted by atomic mass is 10.1. The number of pyridine rings is 1. The van der Waals surface area contributed by atoms with Gasteiger partial charge in [-0.05, 0) is 36.2 Å². The molecule has 0 bridgehead atoms. The smallest absolute Gasteiger partial charge is 0.258 e. The molecule has 4 nitrogen and oxygen atoms in total. The summed E-state index contributed by atoms with van der Waals surface area (Å²) in [6.07, 6.45) is 3.36. The van der Waals surface area contributed by atoms with Gasteiger partial charge in [-0.1, -0.05) is 0 Å². The van der Waals surface area contributed by atoms with Gasteiger partial charge in [-0.2, -0.15) is 0 Å². The molecule has 2 aromatic rings. The summed E-state index contributed by atoms with van der Waals surface area (Å²) in [5.74, 6) is -1.09. The maximum Gasteiger partial charge on any atom is 0.258 e. The number of nitrogens with one attached hydrogen (secondary N) is 2. The van der Waals surface area contributed by atoms with Crippen LogP contribution in [-0.4, -0.2) is 17.4 Å². The Labute approximate surface area is 109 Å². The van der Waals surface area contributed by atoms with Crippen molar-refractivity contribution >= 4 is 17.3 Å². The number of rotatable bonds is 2. The highest BCUT2D eigenvalue weighted by molar-refractivity contribution is 6.04. The molecule has 2 N–H and O–H groups in total. The summed E-state index contributed by atoms with van der Waals surface area (Å²) < 4.78 is 13.4. The summed E-state index contributed by atoms with van der Waals surface area (Å²) >= 11 is 0. The Kier molecular flexibility index (Phi) is 2.87. The van der Waals surface area contributed by atoms with Crippen LogP contribution in [0.4, 0.5) is 15.8 Å². The number of amides is 1. The number of hydrogen-bond donors (Lipinski definition) is 2. The number of nitrogens with zero attached hydrogens (tertiary/aromatic N) is 1. The van der Waals surface area contributed by atoms with Gasteiger partial charge in [0.1, 0.15) is 0 Å². The average Bonchev–Trinajstić information content (AvgIpc) is 2.86. The van der Waals surface area contributed by atoms with E-state index in [0.29, 0.717) is 5.69 Å².